The summed E-state index contributed by atoms with van der Waals surface area (Å²) < 4.78 is 0. The molecule has 0 aromatic heterocycles. The van der Waals surface area contributed by atoms with Crippen LogP contribution >= 0.6 is 0 Å². The Bertz CT molecular complexity index is 456. The van der Waals surface area contributed by atoms with E-state index in [0.29, 0.717) is 12.1 Å². The van der Waals surface area contributed by atoms with Gasteiger partial charge in [-0.1, -0.05) is 18.2 Å². The van der Waals surface area contributed by atoms with Crippen LogP contribution in [0.5, 0.6) is 0 Å². The van der Waals surface area contributed by atoms with Crippen molar-refractivity contribution in [3.8, 4) is 0 Å². The van der Waals surface area contributed by atoms with E-state index < -0.39 is 5.97 Å². The van der Waals surface area contributed by atoms with E-state index in [1.165, 1.54) is 0 Å². The number of carboxylic acid groups (broad SMARTS) is 1. The van der Waals surface area contributed by atoms with Crippen LogP contribution in [0.3, 0.4) is 0 Å². The Balaban J connectivity index is 2.11. The van der Waals surface area contributed by atoms with Gasteiger partial charge in [0.1, 0.15) is 0 Å². The summed E-state index contributed by atoms with van der Waals surface area (Å²) in [7, 11) is 0. The lowest BCUT2D eigenvalue weighted by Gasteiger charge is -2.40. The molecule has 0 spiro atoms. The van der Waals surface area contributed by atoms with Gasteiger partial charge in [0.2, 0.25) is 0 Å². The number of hydrogen-bond acceptors (Lipinski definition) is 2. The Morgan fingerprint density at radius 2 is 2.12 bits per heavy atom. The fraction of sp³-hybridized carbons (Fsp3) is 0.385. The number of nitrogens with zero attached hydrogens (tertiary/aromatic N) is 1. The lowest BCUT2D eigenvalue weighted by atomic mass is 9.97. The molecule has 1 aliphatic rings. The summed E-state index contributed by atoms with van der Waals surface area (Å²) in [4.78, 5) is 24.5. The van der Waals surface area contributed by atoms with Gasteiger partial charge in [-0.15, -0.1) is 0 Å². The molecule has 1 fully saturated rings. The van der Waals surface area contributed by atoms with Crippen molar-refractivity contribution in [3.05, 3.63) is 35.4 Å². The zero-order chi connectivity index (χ0) is 12.4. The summed E-state index contributed by atoms with van der Waals surface area (Å²) >= 11 is 0. The minimum absolute atomic E-state index is 0.0393. The maximum absolute atomic E-state index is 12.2. The number of likely N-dealkylation sites (tertiary alicyclic amines) is 1. The zero-order valence-electron chi connectivity index (χ0n) is 9.72. The predicted octanol–water partition coefficient (Wildman–Crippen LogP) is 1.68. The molecule has 4 heteroatoms. The van der Waals surface area contributed by atoms with Gasteiger partial charge in [0.15, 0.2) is 0 Å². The molecule has 17 heavy (non-hydrogen) atoms. The van der Waals surface area contributed by atoms with E-state index in [1.54, 1.807) is 11.0 Å². The third kappa shape index (κ3) is 2.30. The molecule has 0 saturated carbocycles. The monoisotopic (exact) mass is 233 g/mol. The van der Waals surface area contributed by atoms with Crippen molar-refractivity contribution in [2.45, 2.75) is 25.8 Å². The average molecular weight is 233 g/mol. The number of amides is 1. The molecule has 1 aromatic carbocycles. The van der Waals surface area contributed by atoms with Gasteiger partial charge in [0, 0.05) is 18.2 Å². The van der Waals surface area contributed by atoms with Crippen molar-refractivity contribution >= 4 is 11.9 Å². The summed E-state index contributed by atoms with van der Waals surface area (Å²) in [6.07, 6.45) is 0.821. The Kier molecular flexibility index (Phi) is 3.13. The summed E-state index contributed by atoms with van der Waals surface area (Å²) in [5, 5.41) is 8.74. The first-order chi connectivity index (χ1) is 8.09. The normalized spacial score (nSPS) is 18.6. The topological polar surface area (TPSA) is 57.6 Å². The lowest BCUT2D eigenvalue weighted by Crippen LogP contribution is -2.52. The van der Waals surface area contributed by atoms with Crippen molar-refractivity contribution in [3.63, 3.8) is 0 Å². The predicted molar refractivity (Wildman–Crippen MR) is 62.9 cm³/mol. The van der Waals surface area contributed by atoms with Gasteiger partial charge in [-0.25, -0.2) is 0 Å². The van der Waals surface area contributed by atoms with Crippen LogP contribution in [0.1, 0.15) is 28.8 Å². The van der Waals surface area contributed by atoms with Crippen LogP contribution in [0.25, 0.3) is 0 Å². The maximum atomic E-state index is 12.2. The molecule has 1 heterocycles. The van der Waals surface area contributed by atoms with E-state index in [9.17, 15) is 9.59 Å². The molecule has 1 amide bonds. The summed E-state index contributed by atoms with van der Waals surface area (Å²) in [5.41, 5.74) is 1.60. The lowest BCUT2D eigenvalue weighted by molar-refractivity contribution is -0.139. The van der Waals surface area contributed by atoms with Crippen molar-refractivity contribution in [2.75, 3.05) is 6.54 Å². The number of carbonyl (C=O) groups is 2. The molecule has 1 unspecified atom stereocenters. The standard InChI is InChI=1S/C13H15NO3/c1-9-4-2-3-5-11(9)13(17)14-7-6-10(14)8-12(15)16/h2-5,10H,6-8H2,1H3,(H,15,16). The van der Waals surface area contributed by atoms with Crippen LogP contribution in [0.15, 0.2) is 24.3 Å². The highest BCUT2D eigenvalue weighted by Crippen LogP contribution is 2.24. The number of hydrogen-bond donors (Lipinski definition) is 1. The first-order valence-corrected chi connectivity index (χ1v) is 5.68. The zero-order valence-corrected chi connectivity index (χ0v) is 9.72. The molecular weight excluding hydrogens is 218 g/mol. The Hall–Kier alpha value is -1.84. The van der Waals surface area contributed by atoms with Crippen molar-refractivity contribution < 1.29 is 14.7 Å². The van der Waals surface area contributed by atoms with E-state index in [-0.39, 0.29) is 18.4 Å². The van der Waals surface area contributed by atoms with Crippen molar-refractivity contribution in [2.24, 2.45) is 0 Å². The van der Waals surface area contributed by atoms with Crippen LogP contribution in [0.2, 0.25) is 0 Å². The van der Waals surface area contributed by atoms with E-state index in [2.05, 4.69) is 0 Å². The number of carboxylic acids is 1. The largest absolute Gasteiger partial charge is 0.481 e. The maximum Gasteiger partial charge on any atom is 0.305 e. The summed E-state index contributed by atoms with van der Waals surface area (Å²) in [6, 6.07) is 7.25. The molecular formula is C13H15NO3. The molecule has 4 nitrogen and oxygen atoms in total. The molecule has 0 radical (unpaired) electrons. The van der Waals surface area contributed by atoms with E-state index in [0.717, 1.165) is 12.0 Å². The van der Waals surface area contributed by atoms with Crippen LogP contribution in [-0.2, 0) is 4.79 Å². The molecule has 0 bridgehead atoms. The minimum Gasteiger partial charge on any atom is -0.481 e. The molecule has 1 aromatic rings. The summed E-state index contributed by atoms with van der Waals surface area (Å²) in [5.74, 6) is -0.905. The van der Waals surface area contributed by atoms with E-state index >= 15 is 0 Å². The SMILES string of the molecule is Cc1ccccc1C(=O)N1CCC1CC(=O)O. The molecule has 1 aliphatic heterocycles. The average Bonchev–Trinajstić information content (AvgIpc) is 2.25. The molecule has 1 saturated heterocycles. The second-order valence-electron chi connectivity index (χ2n) is 4.35. The fourth-order valence-corrected chi connectivity index (χ4v) is 2.09. The van der Waals surface area contributed by atoms with Gasteiger partial charge in [0.25, 0.3) is 5.91 Å². The van der Waals surface area contributed by atoms with E-state index in [4.69, 9.17) is 5.11 Å². The highest BCUT2D eigenvalue weighted by molar-refractivity contribution is 5.96. The smallest absolute Gasteiger partial charge is 0.305 e. The van der Waals surface area contributed by atoms with Gasteiger partial charge in [-0.2, -0.15) is 0 Å². The quantitative estimate of drug-likeness (QED) is 0.864. The van der Waals surface area contributed by atoms with Crippen molar-refractivity contribution in [1.82, 2.24) is 4.90 Å². The van der Waals surface area contributed by atoms with Crippen LogP contribution in [0, 0.1) is 6.92 Å². The number of benzene rings is 1. The summed E-state index contributed by atoms with van der Waals surface area (Å²) in [6.45, 7) is 2.55. The number of rotatable bonds is 3. The Labute approximate surface area is 99.9 Å². The van der Waals surface area contributed by atoms with Crippen LogP contribution in [-0.4, -0.2) is 34.5 Å². The molecule has 90 valence electrons. The van der Waals surface area contributed by atoms with Crippen LogP contribution < -0.4 is 0 Å². The van der Waals surface area contributed by atoms with Gasteiger partial charge in [-0.05, 0) is 25.0 Å². The Morgan fingerprint density at radius 1 is 1.41 bits per heavy atom. The Morgan fingerprint density at radius 3 is 2.65 bits per heavy atom. The first-order valence-electron chi connectivity index (χ1n) is 5.68. The first kappa shape index (κ1) is 11.6. The highest BCUT2D eigenvalue weighted by Gasteiger charge is 2.34. The molecule has 1 N–H and O–H groups in total. The number of aliphatic carboxylic acids is 1. The second kappa shape index (κ2) is 4.57. The second-order valence-corrected chi connectivity index (χ2v) is 4.35. The molecule has 2 rings (SSSR count). The van der Waals surface area contributed by atoms with Gasteiger partial charge in [0.05, 0.1) is 6.42 Å². The molecule has 1 atom stereocenters. The van der Waals surface area contributed by atoms with Gasteiger partial charge >= 0.3 is 5.97 Å². The van der Waals surface area contributed by atoms with E-state index in [1.807, 2.05) is 25.1 Å². The van der Waals surface area contributed by atoms with Gasteiger partial charge in [-0.3, -0.25) is 9.59 Å². The third-order valence-electron chi connectivity index (χ3n) is 3.19. The van der Waals surface area contributed by atoms with Crippen LogP contribution in [0.4, 0.5) is 0 Å². The molecule has 0 aliphatic carbocycles. The third-order valence-corrected chi connectivity index (χ3v) is 3.19. The fourth-order valence-electron chi connectivity index (χ4n) is 2.09. The minimum atomic E-state index is -0.850. The van der Waals surface area contributed by atoms with Crippen molar-refractivity contribution in [1.29, 1.82) is 0 Å². The number of carbonyl (C=O) groups excluding carboxylic acids is 1. The number of aryl methyl sites for hydroxylation is 1. The van der Waals surface area contributed by atoms with Gasteiger partial charge < -0.3 is 10.0 Å². The highest BCUT2D eigenvalue weighted by atomic mass is 16.4.